The third kappa shape index (κ3) is 4.94. The zero-order valence-corrected chi connectivity index (χ0v) is 12.1. The van der Waals surface area contributed by atoms with Gasteiger partial charge in [0.1, 0.15) is 5.82 Å². The largest absolute Gasteiger partial charge is 0.418 e. The average molecular weight is 298 g/mol. The minimum absolute atomic E-state index is 0.0214. The predicted octanol–water partition coefficient (Wildman–Crippen LogP) is 3.19. The quantitative estimate of drug-likeness (QED) is 0.527. The molecule has 4 nitrogen and oxygen atoms in total. The lowest BCUT2D eigenvalue weighted by Crippen LogP contribution is -2.11. The highest BCUT2D eigenvalue weighted by molar-refractivity contribution is 5.68. The number of hydrogen-bond acceptors (Lipinski definition) is 3. The summed E-state index contributed by atoms with van der Waals surface area (Å²) in [6.45, 7) is 5.17. The molecule has 0 saturated carbocycles. The van der Waals surface area contributed by atoms with Crippen molar-refractivity contribution in [2.45, 2.75) is 13.1 Å². The van der Waals surface area contributed by atoms with Crippen molar-refractivity contribution in [1.82, 2.24) is 9.88 Å². The van der Waals surface area contributed by atoms with Crippen LogP contribution in [0, 0.1) is 0 Å². The zero-order valence-electron chi connectivity index (χ0n) is 12.1. The van der Waals surface area contributed by atoms with Crippen LogP contribution in [0.5, 0.6) is 0 Å². The van der Waals surface area contributed by atoms with Gasteiger partial charge in [0.15, 0.2) is 0 Å². The molecule has 0 radical (unpaired) electrons. The molecule has 0 atom stereocenters. The van der Waals surface area contributed by atoms with E-state index in [0.717, 1.165) is 12.1 Å². The number of nitrogens with two attached hydrogens (primary N) is 1. The highest BCUT2D eigenvalue weighted by Crippen LogP contribution is 2.34. The fourth-order valence-electron chi connectivity index (χ4n) is 1.55. The van der Waals surface area contributed by atoms with Crippen molar-refractivity contribution < 1.29 is 13.2 Å². The lowest BCUT2D eigenvalue weighted by Gasteiger charge is -2.13. The number of allylic oxidation sites excluding steroid dienone is 2. The van der Waals surface area contributed by atoms with Gasteiger partial charge in [0, 0.05) is 14.1 Å². The zero-order chi connectivity index (χ0) is 16.2. The van der Waals surface area contributed by atoms with Crippen LogP contribution >= 0.6 is 0 Å². The van der Waals surface area contributed by atoms with Gasteiger partial charge in [-0.25, -0.2) is 9.98 Å². The summed E-state index contributed by atoms with van der Waals surface area (Å²) < 4.78 is 38.9. The first-order valence-electron chi connectivity index (χ1n) is 6.03. The van der Waals surface area contributed by atoms with E-state index in [1.807, 2.05) is 0 Å². The Morgan fingerprint density at radius 3 is 2.52 bits per heavy atom. The maximum atomic E-state index is 13.0. The third-order valence-corrected chi connectivity index (χ3v) is 2.43. The maximum Gasteiger partial charge on any atom is 0.418 e. The van der Waals surface area contributed by atoms with Gasteiger partial charge in [-0.1, -0.05) is 6.58 Å². The minimum atomic E-state index is -4.50. The van der Waals surface area contributed by atoms with Crippen LogP contribution in [0.1, 0.15) is 18.2 Å². The second kappa shape index (κ2) is 6.43. The normalized spacial score (nSPS) is 12.8. The van der Waals surface area contributed by atoms with Gasteiger partial charge in [0.25, 0.3) is 0 Å². The number of nitrogen functional groups attached to an aromatic ring is 1. The molecule has 1 aromatic rings. The molecule has 0 aromatic carbocycles. The van der Waals surface area contributed by atoms with Crippen molar-refractivity contribution in [2.24, 2.45) is 4.99 Å². The Kier molecular flexibility index (Phi) is 5.12. The predicted molar refractivity (Wildman–Crippen MR) is 78.6 cm³/mol. The molecule has 0 spiro atoms. The maximum absolute atomic E-state index is 13.0. The van der Waals surface area contributed by atoms with E-state index in [2.05, 4.69) is 16.6 Å². The number of aromatic nitrogens is 1. The Morgan fingerprint density at radius 2 is 2.00 bits per heavy atom. The van der Waals surface area contributed by atoms with E-state index in [1.54, 1.807) is 19.0 Å². The third-order valence-electron chi connectivity index (χ3n) is 2.43. The molecule has 0 aliphatic rings. The van der Waals surface area contributed by atoms with Gasteiger partial charge in [0.2, 0.25) is 0 Å². The van der Waals surface area contributed by atoms with Crippen LogP contribution in [0.2, 0.25) is 0 Å². The van der Waals surface area contributed by atoms with E-state index >= 15 is 0 Å². The summed E-state index contributed by atoms with van der Waals surface area (Å²) in [5, 5.41) is 0. The Morgan fingerprint density at radius 1 is 1.38 bits per heavy atom. The van der Waals surface area contributed by atoms with E-state index in [9.17, 15) is 13.2 Å². The van der Waals surface area contributed by atoms with Crippen LogP contribution in [0.15, 0.2) is 35.5 Å². The van der Waals surface area contributed by atoms with Crippen molar-refractivity contribution in [3.05, 3.63) is 41.7 Å². The summed E-state index contributed by atoms with van der Waals surface area (Å²) in [6.07, 6.45) is -1.57. The van der Waals surface area contributed by atoms with Gasteiger partial charge in [-0.3, -0.25) is 0 Å². The number of hydrogen-bond donors (Lipinski definition) is 1. The Bertz CT molecular complexity index is 586. The van der Waals surface area contributed by atoms with Crippen LogP contribution in [0.4, 0.5) is 19.0 Å². The molecular weight excluding hydrogens is 281 g/mol. The summed E-state index contributed by atoms with van der Waals surface area (Å²) in [6, 6.07) is 2.04. The van der Waals surface area contributed by atoms with Crippen molar-refractivity contribution >= 4 is 17.7 Å². The molecule has 0 bridgehead atoms. The second-order valence-corrected chi connectivity index (χ2v) is 4.66. The van der Waals surface area contributed by atoms with Gasteiger partial charge >= 0.3 is 6.18 Å². The van der Waals surface area contributed by atoms with Crippen LogP contribution < -0.4 is 5.73 Å². The molecule has 0 aliphatic carbocycles. The summed E-state index contributed by atoms with van der Waals surface area (Å²) >= 11 is 0. The average Bonchev–Trinajstić information content (AvgIpc) is 2.34. The molecule has 0 saturated heterocycles. The van der Waals surface area contributed by atoms with E-state index in [0.29, 0.717) is 5.70 Å². The van der Waals surface area contributed by atoms with Gasteiger partial charge in [-0.15, -0.1) is 0 Å². The standard InChI is InChI=1S/C14H17F3N4/c1-9(7-10(2)19-8-21(3)4)13-11(14(15,16)17)5-6-12(18)20-13/h5-8H,2H2,1,3-4H3,(H2,18,20)/b9-7+,19-8-. The van der Waals surface area contributed by atoms with Crippen LogP contribution in [0.3, 0.4) is 0 Å². The van der Waals surface area contributed by atoms with Crippen molar-refractivity contribution in [2.75, 3.05) is 19.8 Å². The number of rotatable bonds is 4. The van der Waals surface area contributed by atoms with Crippen molar-refractivity contribution in [3.8, 4) is 0 Å². The molecule has 0 amide bonds. The fraction of sp³-hybridized carbons (Fsp3) is 0.286. The van der Waals surface area contributed by atoms with Gasteiger partial charge in [0.05, 0.1) is 23.3 Å². The number of nitrogens with zero attached hydrogens (tertiary/aromatic N) is 3. The van der Waals surface area contributed by atoms with Crippen molar-refractivity contribution in [1.29, 1.82) is 0 Å². The highest BCUT2D eigenvalue weighted by atomic mass is 19.4. The molecule has 21 heavy (non-hydrogen) atoms. The topological polar surface area (TPSA) is 54.5 Å². The van der Waals surface area contributed by atoms with Crippen LogP contribution in [-0.4, -0.2) is 30.3 Å². The van der Waals surface area contributed by atoms with Gasteiger partial charge in [-0.05, 0) is 30.7 Å². The molecule has 2 N–H and O–H groups in total. The van der Waals surface area contributed by atoms with Crippen LogP contribution in [0.25, 0.3) is 5.57 Å². The number of alkyl halides is 3. The summed E-state index contributed by atoms with van der Waals surface area (Å²) in [4.78, 5) is 9.46. The van der Waals surface area contributed by atoms with E-state index in [4.69, 9.17) is 5.73 Å². The van der Waals surface area contributed by atoms with Crippen molar-refractivity contribution in [3.63, 3.8) is 0 Å². The molecule has 0 aliphatic heterocycles. The molecule has 0 fully saturated rings. The van der Waals surface area contributed by atoms with E-state index in [1.165, 1.54) is 19.3 Å². The lowest BCUT2D eigenvalue weighted by molar-refractivity contribution is -0.138. The Labute approximate surface area is 121 Å². The number of anilines is 1. The second-order valence-electron chi connectivity index (χ2n) is 4.66. The number of aliphatic imine (C=N–C) groups is 1. The molecule has 1 heterocycles. The van der Waals surface area contributed by atoms with E-state index < -0.39 is 11.7 Å². The summed E-state index contributed by atoms with van der Waals surface area (Å²) in [5.41, 5.74) is 5.02. The Hall–Kier alpha value is -2.31. The first kappa shape index (κ1) is 16.7. The minimum Gasteiger partial charge on any atom is -0.384 e. The number of halogens is 3. The first-order valence-corrected chi connectivity index (χ1v) is 6.03. The summed E-state index contributed by atoms with van der Waals surface area (Å²) in [5.74, 6) is 0.0214. The smallest absolute Gasteiger partial charge is 0.384 e. The highest BCUT2D eigenvalue weighted by Gasteiger charge is 2.34. The van der Waals surface area contributed by atoms with Gasteiger partial charge in [-0.2, -0.15) is 13.2 Å². The monoisotopic (exact) mass is 298 g/mol. The summed E-state index contributed by atoms with van der Waals surface area (Å²) in [7, 11) is 3.54. The molecule has 0 unspecified atom stereocenters. The molecule has 1 rings (SSSR count). The van der Waals surface area contributed by atoms with E-state index in [-0.39, 0.29) is 17.1 Å². The lowest BCUT2D eigenvalue weighted by atomic mass is 10.1. The SMILES string of the molecule is C=C(/C=C(\C)c1nc(N)ccc1C(F)(F)F)/N=C\N(C)C. The fourth-order valence-corrected chi connectivity index (χ4v) is 1.55. The molecular formula is C14H17F3N4. The Balaban J connectivity index is 3.20. The van der Waals surface area contributed by atoms with Gasteiger partial charge < -0.3 is 10.6 Å². The molecule has 114 valence electrons. The molecule has 7 heteroatoms. The molecule has 1 aromatic heterocycles. The van der Waals surface area contributed by atoms with Crippen LogP contribution in [-0.2, 0) is 6.18 Å². The first-order chi connectivity index (χ1) is 9.61. The number of pyridine rings is 1.